The van der Waals surface area contributed by atoms with Crippen molar-refractivity contribution in [1.82, 2.24) is 9.80 Å². The molecule has 0 heterocycles. The van der Waals surface area contributed by atoms with Crippen LogP contribution in [0.15, 0.2) is 18.2 Å². The average molecular weight is 280 g/mol. The topological polar surface area (TPSA) is 81.1 Å². The molecule has 1 aromatic carbocycles. The molecule has 2 N–H and O–H groups in total. The second-order valence-corrected chi connectivity index (χ2v) is 4.87. The number of phenolic OH excluding ortho intramolecular Hbond substituents is 1. The number of phenols is 1. The van der Waals surface area contributed by atoms with Crippen LogP contribution in [0.25, 0.3) is 0 Å². The molecule has 0 aliphatic rings. The van der Waals surface area contributed by atoms with Crippen molar-refractivity contribution in [2.24, 2.45) is 0 Å². The fourth-order valence-electron chi connectivity index (χ4n) is 1.76. The van der Waals surface area contributed by atoms with Crippen LogP contribution < -0.4 is 0 Å². The summed E-state index contributed by atoms with van der Waals surface area (Å²) in [5.41, 5.74) is 0.780. The van der Waals surface area contributed by atoms with E-state index in [9.17, 15) is 14.7 Å². The predicted molar refractivity (Wildman–Crippen MR) is 74.9 cm³/mol. The molecule has 1 amide bonds. The van der Waals surface area contributed by atoms with Gasteiger partial charge in [0.05, 0.1) is 0 Å². The second kappa shape index (κ2) is 6.91. The minimum Gasteiger partial charge on any atom is -0.508 e. The standard InChI is InChI=1S/C14H20N2O4/c1-10-11(5-4-6-12(10)17)14(20)16(9-13(18)19)8-7-15(2)3/h4-6,17H,7-9H2,1-3H3,(H,18,19). The van der Waals surface area contributed by atoms with E-state index in [1.807, 2.05) is 19.0 Å². The lowest BCUT2D eigenvalue weighted by molar-refractivity contribution is -0.137. The zero-order chi connectivity index (χ0) is 15.3. The lowest BCUT2D eigenvalue weighted by Gasteiger charge is -2.23. The normalized spacial score (nSPS) is 10.6. The van der Waals surface area contributed by atoms with Gasteiger partial charge in [-0.15, -0.1) is 0 Å². The van der Waals surface area contributed by atoms with Crippen LogP contribution in [-0.2, 0) is 4.79 Å². The number of carboxylic acids is 1. The second-order valence-electron chi connectivity index (χ2n) is 4.87. The number of carboxylic acid groups (broad SMARTS) is 1. The maximum absolute atomic E-state index is 12.4. The van der Waals surface area contributed by atoms with Crippen molar-refractivity contribution in [3.8, 4) is 5.75 Å². The monoisotopic (exact) mass is 280 g/mol. The zero-order valence-electron chi connectivity index (χ0n) is 12.0. The van der Waals surface area contributed by atoms with Crippen LogP contribution in [0.1, 0.15) is 15.9 Å². The van der Waals surface area contributed by atoms with Gasteiger partial charge in [0.2, 0.25) is 0 Å². The highest BCUT2D eigenvalue weighted by atomic mass is 16.4. The number of likely N-dealkylation sites (N-methyl/N-ethyl adjacent to an activating group) is 1. The summed E-state index contributed by atoms with van der Waals surface area (Å²) >= 11 is 0. The van der Waals surface area contributed by atoms with Crippen LogP contribution in [0.4, 0.5) is 0 Å². The van der Waals surface area contributed by atoms with Crippen molar-refractivity contribution >= 4 is 11.9 Å². The number of amides is 1. The van der Waals surface area contributed by atoms with Crippen LogP contribution in [0.3, 0.4) is 0 Å². The Kier molecular flexibility index (Phi) is 5.52. The lowest BCUT2D eigenvalue weighted by atomic mass is 10.1. The van der Waals surface area contributed by atoms with Crippen LogP contribution in [-0.4, -0.2) is 65.6 Å². The van der Waals surface area contributed by atoms with Gasteiger partial charge in [0.15, 0.2) is 0 Å². The molecular weight excluding hydrogens is 260 g/mol. The predicted octanol–water partition coefficient (Wildman–Crippen LogP) is 0.789. The van der Waals surface area contributed by atoms with Crippen molar-refractivity contribution in [2.45, 2.75) is 6.92 Å². The van der Waals surface area contributed by atoms with Crippen molar-refractivity contribution < 1.29 is 19.8 Å². The van der Waals surface area contributed by atoms with E-state index in [-0.39, 0.29) is 18.2 Å². The Morgan fingerprint density at radius 1 is 1.20 bits per heavy atom. The number of hydrogen-bond donors (Lipinski definition) is 2. The number of carbonyl (C=O) groups excluding carboxylic acids is 1. The lowest BCUT2D eigenvalue weighted by Crippen LogP contribution is -2.40. The van der Waals surface area contributed by atoms with E-state index in [1.165, 1.54) is 11.0 Å². The molecule has 1 aromatic rings. The van der Waals surface area contributed by atoms with Crippen LogP contribution >= 0.6 is 0 Å². The summed E-state index contributed by atoms with van der Waals surface area (Å²) in [7, 11) is 3.70. The molecule has 0 fully saturated rings. The average Bonchev–Trinajstić information content (AvgIpc) is 2.36. The SMILES string of the molecule is Cc1c(O)cccc1C(=O)N(CCN(C)C)CC(=O)O. The van der Waals surface area contributed by atoms with Crippen molar-refractivity contribution in [2.75, 3.05) is 33.7 Å². The first-order chi connectivity index (χ1) is 9.32. The van der Waals surface area contributed by atoms with E-state index < -0.39 is 5.97 Å². The van der Waals surface area contributed by atoms with Gasteiger partial charge in [0.25, 0.3) is 5.91 Å². The van der Waals surface area contributed by atoms with Crippen molar-refractivity contribution in [3.63, 3.8) is 0 Å². The van der Waals surface area contributed by atoms with Gasteiger partial charge in [0, 0.05) is 24.2 Å². The van der Waals surface area contributed by atoms with Gasteiger partial charge in [-0.05, 0) is 33.2 Å². The molecule has 6 nitrogen and oxygen atoms in total. The molecular formula is C14H20N2O4. The Hall–Kier alpha value is -2.08. The van der Waals surface area contributed by atoms with Gasteiger partial charge < -0.3 is 20.0 Å². The van der Waals surface area contributed by atoms with Crippen LogP contribution in [0.5, 0.6) is 5.75 Å². The zero-order valence-corrected chi connectivity index (χ0v) is 12.0. The highest BCUT2D eigenvalue weighted by Gasteiger charge is 2.20. The summed E-state index contributed by atoms with van der Waals surface area (Å²) in [6.07, 6.45) is 0. The Labute approximate surface area is 118 Å². The number of rotatable bonds is 6. The molecule has 0 saturated carbocycles. The number of aromatic hydroxyl groups is 1. The first-order valence-corrected chi connectivity index (χ1v) is 6.27. The number of aliphatic carboxylic acids is 1. The van der Waals surface area contributed by atoms with E-state index in [2.05, 4.69) is 0 Å². The van der Waals surface area contributed by atoms with Gasteiger partial charge in [-0.1, -0.05) is 6.07 Å². The van der Waals surface area contributed by atoms with Gasteiger partial charge in [-0.2, -0.15) is 0 Å². The molecule has 6 heteroatoms. The summed E-state index contributed by atoms with van der Waals surface area (Å²) < 4.78 is 0. The van der Waals surface area contributed by atoms with E-state index in [0.717, 1.165) is 0 Å². The Balaban J connectivity index is 2.97. The molecule has 0 spiro atoms. The Bertz CT molecular complexity index is 500. The largest absolute Gasteiger partial charge is 0.508 e. The molecule has 0 aliphatic heterocycles. The third-order valence-electron chi connectivity index (χ3n) is 2.97. The quantitative estimate of drug-likeness (QED) is 0.805. The molecule has 0 atom stereocenters. The molecule has 0 unspecified atom stereocenters. The third kappa shape index (κ3) is 4.24. The Morgan fingerprint density at radius 3 is 2.40 bits per heavy atom. The molecule has 20 heavy (non-hydrogen) atoms. The molecule has 0 aromatic heterocycles. The van der Waals surface area contributed by atoms with E-state index in [0.29, 0.717) is 24.2 Å². The first kappa shape index (κ1) is 16.0. The van der Waals surface area contributed by atoms with Crippen molar-refractivity contribution in [1.29, 1.82) is 0 Å². The van der Waals surface area contributed by atoms with Gasteiger partial charge in [-0.3, -0.25) is 9.59 Å². The number of benzene rings is 1. The van der Waals surface area contributed by atoms with E-state index >= 15 is 0 Å². The molecule has 0 bridgehead atoms. The van der Waals surface area contributed by atoms with Crippen LogP contribution in [0, 0.1) is 6.92 Å². The molecule has 1 rings (SSSR count). The summed E-state index contributed by atoms with van der Waals surface area (Å²) in [5.74, 6) is -1.42. The molecule has 110 valence electrons. The third-order valence-corrected chi connectivity index (χ3v) is 2.97. The van der Waals surface area contributed by atoms with E-state index in [4.69, 9.17) is 5.11 Å². The maximum atomic E-state index is 12.4. The molecule has 0 radical (unpaired) electrons. The first-order valence-electron chi connectivity index (χ1n) is 6.27. The molecule has 0 aliphatic carbocycles. The molecule has 0 saturated heterocycles. The highest BCUT2D eigenvalue weighted by molar-refractivity contribution is 5.97. The van der Waals surface area contributed by atoms with Gasteiger partial charge in [-0.25, -0.2) is 0 Å². The fourth-order valence-corrected chi connectivity index (χ4v) is 1.76. The van der Waals surface area contributed by atoms with Crippen molar-refractivity contribution in [3.05, 3.63) is 29.3 Å². The number of nitrogens with zero attached hydrogens (tertiary/aromatic N) is 2. The minimum absolute atomic E-state index is 0.0266. The smallest absolute Gasteiger partial charge is 0.323 e. The Morgan fingerprint density at radius 2 is 1.85 bits per heavy atom. The number of carbonyl (C=O) groups is 2. The van der Waals surface area contributed by atoms with E-state index in [1.54, 1.807) is 19.1 Å². The summed E-state index contributed by atoms with van der Waals surface area (Å²) in [6, 6.07) is 4.65. The van der Waals surface area contributed by atoms with Gasteiger partial charge >= 0.3 is 5.97 Å². The van der Waals surface area contributed by atoms with Gasteiger partial charge in [0.1, 0.15) is 12.3 Å². The summed E-state index contributed by atoms with van der Waals surface area (Å²) in [4.78, 5) is 26.4. The highest BCUT2D eigenvalue weighted by Crippen LogP contribution is 2.20. The summed E-state index contributed by atoms with van der Waals surface area (Å²) in [5, 5.41) is 18.5. The number of hydrogen-bond acceptors (Lipinski definition) is 4. The maximum Gasteiger partial charge on any atom is 0.323 e. The fraction of sp³-hybridized carbons (Fsp3) is 0.429. The summed E-state index contributed by atoms with van der Waals surface area (Å²) in [6.45, 7) is 2.15. The minimum atomic E-state index is -1.06. The van der Waals surface area contributed by atoms with Crippen LogP contribution in [0.2, 0.25) is 0 Å².